The number of rotatable bonds is 7. The molecule has 17 heavy (non-hydrogen) atoms. The SMILES string of the molecule is CCCCCCC(NN)c1ncc(Cl)cc1Cl. The highest BCUT2D eigenvalue weighted by atomic mass is 35.5. The summed E-state index contributed by atoms with van der Waals surface area (Å²) in [5, 5.41) is 1.11. The molecule has 1 heterocycles. The topological polar surface area (TPSA) is 50.9 Å². The molecular weight excluding hydrogens is 257 g/mol. The maximum Gasteiger partial charge on any atom is 0.0773 e. The van der Waals surface area contributed by atoms with E-state index in [2.05, 4.69) is 17.3 Å². The first kappa shape index (κ1) is 14.7. The highest BCUT2D eigenvalue weighted by Crippen LogP contribution is 2.26. The predicted octanol–water partition coefficient (Wildman–Crippen LogP) is 3.86. The van der Waals surface area contributed by atoms with Crippen molar-refractivity contribution in [3.8, 4) is 0 Å². The van der Waals surface area contributed by atoms with E-state index in [1.807, 2.05) is 0 Å². The summed E-state index contributed by atoms with van der Waals surface area (Å²) in [4.78, 5) is 4.24. The summed E-state index contributed by atoms with van der Waals surface area (Å²) in [6.45, 7) is 2.19. The Labute approximate surface area is 113 Å². The molecule has 0 saturated heterocycles. The lowest BCUT2D eigenvalue weighted by Crippen LogP contribution is -2.28. The van der Waals surface area contributed by atoms with Gasteiger partial charge >= 0.3 is 0 Å². The van der Waals surface area contributed by atoms with Crippen molar-refractivity contribution in [3.05, 3.63) is 28.0 Å². The third kappa shape index (κ3) is 4.80. The summed E-state index contributed by atoms with van der Waals surface area (Å²) < 4.78 is 0. The standard InChI is InChI=1S/C12H19Cl2N3/c1-2-3-4-5-6-11(17-15)12-10(14)7-9(13)8-16-12/h7-8,11,17H,2-6,15H2,1H3. The van der Waals surface area contributed by atoms with Crippen molar-refractivity contribution in [3.63, 3.8) is 0 Å². The fourth-order valence-electron chi connectivity index (χ4n) is 1.76. The third-order valence-corrected chi connectivity index (χ3v) is 3.22. The second-order valence-electron chi connectivity index (χ2n) is 4.09. The zero-order valence-electron chi connectivity index (χ0n) is 10.0. The van der Waals surface area contributed by atoms with Crippen LogP contribution < -0.4 is 11.3 Å². The van der Waals surface area contributed by atoms with E-state index < -0.39 is 0 Å². The normalized spacial score (nSPS) is 12.7. The number of unbranched alkanes of at least 4 members (excludes halogenated alkanes) is 3. The molecule has 0 fully saturated rings. The summed E-state index contributed by atoms with van der Waals surface area (Å²) in [6, 6.07) is 1.69. The molecule has 0 aliphatic heterocycles. The Hall–Kier alpha value is -0.350. The fourth-order valence-corrected chi connectivity index (χ4v) is 2.27. The Bertz CT molecular complexity index is 345. The maximum absolute atomic E-state index is 6.10. The van der Waals surface area contributed by atoms with Gasteiger partial charge in [0, 0.05) is 6.20 Å². The summed E-state index contributed by atoms with van der Waals surface area (Å²) in [6.07, 6.45) is 7.33. The molecular formula is C12H19Cl2N3. The third-order valence-electron chi connectivity index (χ3n) is 2.71. The highest BCUT2D eigenvalue weighted by Gasteiger charge is 2.14. The quantitative estimate of drug-likeness (QED) is 0.451. The molecule has 3 nitrogen and oxygen atoms in total. The number of nitrogens with two attached hydrogens (primary N) is 1. The molecule has 1 aromatic heterocycles. The van der Waals surface area contributed by atoms with E-state index in [0.29, 0.717) is 10.0 Å². The summed E-state index contributed by atoms with van der Waals surface area (Å²) >= 11 is 11.9. The molecule has 3 N–H and O–H groups in total. The van der Waals surface area contributed by atoms with Gasteiger partial charge in [0.2, 0.25) is 0 Å². The van der Waals surface area contributed by atoms with Gasteiger partial charge < -0.3 is 0 Å². The molecule has 0 spiro atoms. The average Bonchev–Trinajstić information content (AvgIpc) is 2.31. The van der Waals surface area contributed by atoms with Crippen molar-refractivity contribution in [2.45, 2.75) is 45.1 Å². The van der Waals surface area contributed by atoms with E-state index in [9.17, 15) is 0 Å². The van der Waals surface area contributed by atoms with Gasteiger partial charge in [-0.3, -0.25) is 16.3 Å². The van der Waals surface area contributed by atoms with Crippen LogP contribution in [0.15, 0.2) is 12.3 Å². The van der Waals surface area contributed by atoms with Crippen molar-refractivity contribution in [2.75, 3.05) is 0 Å². The van der Waals surface area contributed by atoms with Crippen molar-refractivity contribution < 1.29 is 0 Å². The number of nitrogens with zero attached hydrogens (tertiary/aromatic N) is 1. The number of hydrazine groups is 1. The molecule has 0 amide bonds. The van der Waals surface area contributed by atoms with Gasteiger partial charge in [-0.05, 0) is 12.5 Å². The van der Waals surface area contributed by atoms with E-state index in [4.69, 9.17) is 29.0 Å². The lowest BCUT2D eigenvalue weighted by Gasteiger charge is -2.16. The second kappa shape index (κ2) is 7.88. The van der Waals surface area contributed by atoms with E-state index in [-0.39, 0.29) is 6.04 Å². The van der Waals surface area contributed by atoms with Crippen molar-refractivity contribution >= 4 is 23.2 Å². The van der Waals surface area contributed by atoms with Gasteiger partial charge in [-0.15, -0.1) is 0 Å². The molecule has 5 heteroatoms. The van der Waals surface area contributed by atoms with Crippen LogP contribution in [0.3, 0.4) is 0 Å². The first-order valence-electron chi connectivity index (χ1n) is 5.96. The van der Waals surface area contributed by atoms with Gasteiger partial charge in [-0.1, -0.05) is 55.8 Å². The minimum Gasteiger partial charge on any atom is -0.271 e. The first-order valence-corrected chi connectivity index (χ1v) is 6.71. The molecule has 0 bridgehead atoms. The van der Waals surface area contributed by atoms with E-state index in [1.54, 1.807) is 12.3 Å². The maximum atomic E-state index is 6.10. The van der Waals surface area contributed by atoms with E-state index in [0.717, 1.165) is 18.5 Å². The minimum atomic E-state index is -0.00313. The lowest BCUT2D eigenvalue weighted by atomic mass is 10.0. The predicted molar refractivity (Wildman–Crippen MR) is 73.1 cm³/mol. The van der Waals surface area contributed by atoms with Crippen LogP contribution in [0.4, 0.5) is 0 Å². The van der Waals surface area contributed by atoms with Crippen LogP contribution in [0.1, 0.15) is 50.8 Å². The largest absolute Gasteiger partial charge is 0.271 e. The molecule has 1 atom stereocenters. The van der Waals surface area contributed by atoms with Crippen molar-refractivity contribution in [1.82, 2.24) is 10.4 Å². The summed E-state index contributed by atoms with van der Waals surface area (Å²) in [5.41, 5.74) is 3.54. The number of aromatic nitrogens is 1. The molecule has 0 aliphatic rings. The molecule has 1 rings (SSSR count). The minimum absolute atomic E-state index is 0.00313. The molecule has 1 aromatic rings. The fraction of sp³-hybridized carbons (Fsp3) is 0.583. The first-order chi connectivity index (χ1) is 8.19. The van der Waals surface area contributed by atoms with Gasteiger partial charge in [0.15, 0.2) is 0 Å². The second-order valence-corrected chi connectivity index (χ2v) is 4.93. The number of pyridine rings is 1. The number of hydrogen-bond donors (Lipinski definition) is 2. The zero-order chi connectivity index (χ0) is 12.7. The smallest absolute Gasteiger partial charge is 0.0773 e. The number of halogens is 2. The van der Waals surface area contributed by atoms with Crippen LogP contribution in [0.5, 0.6) is 0 Å². The van der Waals surface area contributed by atoms with Gasteiger partial charge in [0.05, 0.1) is 21.8 Å². The van der Waals surface area contributed by atoms with Gasteiger partial charge in [-0.2, -0.15) is 0 Å². The molecule has 1 unspecified atom stereocenters. The Morgan fingerprint density at radius 1 is 1.35 bits per heavy atom. The van der Waals surface area contributed by atoms with Gasteiger partial charge in [0.1, 0.15) is 0 Å². The monoisotopic (exact) mass is 275 g/mol. The van der Waals surface area contributed by atoms with Crippen molar-refractivity contribution in [1.29, 1.82) is 0 Å². The zero-order valence-corrected chi connectivity index (χ0v) is 11.6. The molecule has 0 saturated carbocycles. The molecule has 0 aliphatic carbocycles. The Morgan fingerprint density at radius 3 is 2.71 bits per heavy atom. The molecule has 0 radical (unpaired) electrons. The van der Waals surface area contributed by atoms with Crippen LogP contribution in [0.2, 0.25) is 10.0 Å². The van der Waals surface area contributed by atoms with Gasteiger partial charge in [0.25, 0.3) is 0 Å². The average molecular weight is 276 g/mol. The Balaban J connectivity index is 2.59. The van der Waals surface area contributed by atoms with Crippen LogP contribution in [0, 0.1) is 0 Å². The van der Waals surface area contributed by atoms with Crippen LogP contribution >= 0.6 is 23.2 Å². The number of hydrogen-bond acceptors (Lipinski definition) is 3. The van der Waals surface area contributed by atoms with E-state index >= 15 is 0 Å². The highest BCUT2D eigenvalue weighted by molar-refractivity contribution is 6.34. The summed E-state index contributed by atoms with van der Waals surface area (Å²) in [5.74, 6) is 5.54. The lowest BCUT2D eigenvalue weighted by molar-refractivity contribution is 0.473. The Morgan fingerprint density at radius 2 is 2.12 bits per heavy atom. The van der Waals surface area contributed by atoms with Crippen LogP contribution in [-0.4, -0.2) is 4.98 Å². The van der Waals surface area contributed by atoms with Crippen LogP contribution in [-0.2, 0) is 0 Å². The van der Waals surface area contributed by atoms with Gasteiger partial charge in [-0.25, -0.2) is 0 Å². The van der Waals surface area contributed by atoms with Crippen LogP contribution in [0.25, 0.3) is 0 Å². The van der Waals surface area contributed by atoms with E-state index in [1.165, 1.54) is 19.3 Å². The van der Waals surface area contributed by atoms with Crippen molar-refractivity contribution in [2.24, 2.45) is 5.84 Å². The summed E-state index contributed by atoms with van der Waals surface area (Å²) in [7, 11) is 0. The Kier molecular flexibility index (Phi) is 6.82. The molecule has 96 valence electrons. The number of nitrogens with one attached hydrogen (secondary N) is 1. The molecule has 0 aromatic carbocycles.